The summed E-state index contributed by atoms with van der Waals surface area (Å²) in [5, 5.41) is 7.43. The fourth-order valence-electron chi connectivity index (χ4n) is 4.57. The summed E-state index contributed by atoms with van der Waals surface area (Å²) in [5.41, 5.74) is 7.83. The molecule has 1 saturated carbocycles. The number of carbonyl (C=O) groups excluding carboxylic acids is 1. The Morgan fingerprint density at radius 2 is 2.06 bits per heavy atom. The lowest BCUT2D eigenvalue weighted by atomic mass is 9.90. The van der Waals surface area contributed by atoms with Gasteiger partial charge in [-0.05, 0) is 44.0 Å². The summed E-state index contributed by atoms with van der Waals surface area (Å²) in [6.45, 7) is 7.07. The molecule has 0 aliphatic heterocycles. The van der Waals surface area contributed by atoms with Crippen molar-refractivity contribution in [1.29, 1.82) is 0 Å². The van der Waals surface area contributed by atoms with Gasteiger partial charge in [-0.15, -0.1) is 0 Å². The van der Waals surface area contributed by atoms with E-state index in [1.807, 2.05) is 45.0 Å². The van der Waals surface area contributed by atoms with Crippen LogP contribution < -0.4 is 16.4 Å². The smallest absolute Gasteiger partial charge is 0.289 e. The molecule has 0 spiro atoms. The van der Waals surface area contributed by atoms with Gasteiger partial charge in [0.15, 0.2) is 11.6 Å². The fourth-order valence-corrected chi connectivity index (χ4v) is 4.57. The van der Waals surface area contributed by atoms with Crippen LogP contribution in [0.3, 0.4) is 0 Å². The maximum Gasteiger partial charge on any atom is 0.289 e. The summed E-state index contributed by atoms with van der Waals surface area (Å²) >= 11 is 0. The van der Waals surface area contributed by atoms with E-state index >= 15 is 0 Å². The zero-order valence-electron chi connectivity index (χ0n) is 21.5. The molecule has 0 saturated heterocycles. The summed E-state index contributed by atoms with van der Waals surface area (Å²) in [6.07, 6.45) is 5.57. The van der Waals surface area contributed by atoms with Gasteiger partial charge in [0, 0.05) is 30.5 Å². The molecular weight excluding hydrogens is 456 g/mol. The highest BCUT2D eigenvalue weighted by Gasteiger charge is 2.27. The molecule has 0 bridgehead atoms. The SMILES string of the molecule is COCC(C)(C)CNC(=O)c1nc(N[C@H]2CCCC[C@H]2N=C(N)c2ccco2)c2cc(C)ccc2n1. The predicted molar refractivity (Wildman–Crippen MR) is 141 cm³/mol. The lowest BCUT2D eigenvalue weighted by molar-refractivity contribution is 0.0839. The maximum absolute atomic E-state index is 13.0. The minimum Gasteiger partial charge on any atom is -0.461 e. The second kappa shape index (κ2) is 11.1. The number of methoxy groups -OCH3 is 1. The number of aliphatic imine (C=N–C) groups is 1. The minimum atomic E-state index is -0.315. The van der Waals surface area contributed by atoms with Crippen molar-refractivity contribution in [3.63, 3.8) is 0 Å². The van der Waals surface area contributed by atoms with E-state index in [4.69, 9.17) is 19.9 Å². The van der Waals surface area contributed by atoms with Crippen LogP contribution in [-0.2, 0) is 4.74 Å². The van der Waals surface area contributed by atoms with Gasteiger partial charge in [-0.3, -0.25) is 9.79 Å². The van der Waals surface area contributed by atoms with Gasteiger partial charge >= 0.3 is 0 Å². The largest absolute Gasteiger partial charge is 0.461 e. The summed E-state index contributed by atoms with van der Waals surface area (Å²) in [6, 6.07) is 9.54. The summed E-state index contributed by atoms with van der Waals surface area (Å²) in [4.78, 5) is 27.1. The Morgan fingerprint density at radius 1 is 1.25 bits per heavy atom. The average molecular weight is 493 g/mol. The van der Waals surface area contributed by atoms with Crippen LogP contribution in [0.25, 0.3) is 10.9 Å². The lowest BCUT2D eigenvalue weighted by Crippen LogP contribution is -2.38. The molecule has 36 heavy (non-hydrogen) atoms. The number of nitrogens with zero attached hydrogens (tertiary/aromatic N) is 3. The minimum absolute atomic E-state index is 0.0161. The highest BCUT2D eigenvalue weighted by molar-refractivity contribution is 5.97. The monoisotopic (exact) mass is 492 g/mol. The third-order valence-electron chi connectivity index (χ3n) is 6.45. The molecule has 2 aromatic heterocycles. The van der Waals surface area contributed by atoms with Crippen LogP contribution in [0.4, 0.5) is 5.82 Å². The Morgan fingerprint density at radius 3 is 2.81 bits per heavy atom. The zero-order valence-corrected chi connectivity index (χ0v) is 21.5. The van der Waals surface area contributed by atoms with Crippen LogP contribution >= 0.6 is 0 Å². The third kappa shape index (κ3) is 6.20. The number of amidine groups is 1. The Labute approximate surface area is 211 Å². The normalized spacial score (nSPS) is 18.8. The van der Waals surface area contributed by atoms with Crippen LogP contribution in [0.5, 0.6) is 0 Å². The van der Waals surface area contributed by atoms with Crippen molar-refractivity contribution in [1.82, 2.24) is 15.3 Å². The van der Waals surface area contributed by atoms with E-state index < -0.39 is 0 Å². The number of carbonyl (C=O) groups is 1. The predicted octanol–water partition coefficient (Wildman–Crippen LogP) is 4.06. The molecular formula is C27H36N6O3. The van der Waals surface area contributed by atoms with Gasteiger partial charge in [-0.25, -0.2) is 9.97 Å². The molecule has 9 nitrogen and oxygen atoms in total. The standard InChI is InChI=1S/C27H36N6O3/c1-17-11-12-19-18(14-17)24(33-25(31-19)26(34)29-15-27(2,3)16-35-4)32-21-9-6-5-8-20(21)30-23(28)22-10-7-13-36-22/h7,10-14,20-21H,5-6,8-9,15-16H2,1-4H3,(H2,28,30)(H,29,34)(H,31,32,33)/t20-,21+/m1/s1. The second-order valence-electron chi connectivity index (χ2n) is 10.3. The van der Waals surface area contributed by atoms with Crippen LogP contribution in [0, 0.1) is 12.3 Å². The number of nitrogens with two attached hydrogens (primary N) is 1. The number of hydrogen-bond donors (Lipinski definition) is 3. The number of benzene rings is 1. The van der Waals surface area contributed by atoms with Gasteiger partial charge in [-0.2, -0.15) is 0 Å². The summed E-state index contributed by atoms with van der Waals surface area (Å²) in [7, 11) is 1.65. The second-order valence-corrected chi connectivity index (χ2v) is 10.3. The quantitative estimate of drug-likeness (QED) is 0.303. The number of furan rings is 1. The molecule has 1 aliphatic rings. The van der Waals surface area contributed by atoms with Gasteiger partial charge in [0.2, 0.25) is 5.82 Å². The van der Waals surface area contributed by atoms with Crippen LogP contribution in [0.1, 0.15) is 61.5 Å². The molecule has 0 unspecified atom stereocenters. The summed E-state index contributed by atoms with van der Waals surface area (Å²) < 4.78 is 10.7. The number of rotatable bonds is 9. The first-order valence-corrected chi connectivity index (χ1v) is 12.4. The van der Waals surface area contributed by atoms with Gasteiger partial charge in [0.05, 0.1) is 24.4 Å². The first-order chi connectivity index (χ1) is 17.3. The van der Waals surface area contributed by atoms with Crippen molar-refractivity contribution in [2.45, 2.75) is 58.5 Å². The molecule has 2 heterocycles. The van der Waals surface area contributed by atoms with Crippen molar-refractivity contribution < 1.29 is 13.9 Å². The number of fused-ring (bicyclic) bond motifs is 1. The molecule has 1 aliphatic carbocycles. The van der Waals surface area contributed by atoms with E-state index in [9.17, 15) is 4.79 Å². The van der Waals surface area contributed by atoms with Crippen molar-refractivity contribution >= 4 is 28.5 Å². The first kappa shape index (κ1) is 25.6. The molecule has 9 heteroatoms. The molecule has 2 atom stereocenters. The molecule has 0 radical (unpaired) electrons. The number of aryl methyl sites for hydroxylation is 1. The Kier molecular flexibility index (Phi) is 7.88. The molecule has 1 amide bonds. The van der Waals surface area contributed by atoms with Crippen LogP contribution in [0.2, 0.25) is 0 Å². The Bertz CT molecular complexity index is 1220. The molecule has 1 aromatic carbocycles. The van der Waals surface area contributed by atoms with E-state index in [-0.39, 0.29) is 29.2 Å². The van der Waals surface area contributed by atoms with Crippen molar-refractivity contribution in [3.05, 3.63) is 53.7 Å². The van der Waals surface area contributed by atoms with E-state index in [1.165, 1.54) is 0 Å². The van der Waals surface area contributed by atoms with E-state index in [0.29, 0.717) is 36.1 Å². The maximum atomic E-state index is 13.0. The number of amides is 1. The Hall–Kier alpha value is -3.46. The first-order valence-electron chi connectivity index (χ1n) is 12.4. The highest BCUT2D eigenvalue weighted by Crippen LogP contribution is 2.28. The third-order valence-corrected chi connectivity index (χ3v) is 6.45. The number of aromatic nitrogens is 2. The molecule has 3 aromatic rings. The van der Waals surface area contributed by atoms with Crippen molar-refractivity contribution in [2.24, 2.45) is 16.1 Å². The molecule has 192 valence electrons. The number of hydrogen-bond acceptors (Lipinski definition) is 7. The molecule has 1 fully saturated rings. The topological polar surface area (TPSA) is 128 Å². The number of ether oxygens (including phenoxy) is 1. The fraction of sp³-hybridized carbons (Fsp3) is 0.481. The molecule has 4 N–H and O–H groups in total. The lowest BCUT2D eigenvalue weighted by Gasteiger charge is -2.30. The van der Waals surface area contributed by atoms with Crippen LogP contribution in [0.15, 0.2) is 46.0 Å². The van der Waals surface area contributed by atoms with E-state index in [1.54, 1.807) is 19.4 Å². The van der Waals surface area contributed by atoms with Crippen molar-refractivity contribution in [2.75, 3.05) is 25.6 Å². The average Bonchev–Trinajstić information content (AvgIpc) is 3.39. The van der Waals surface area contributed by atoms with Gasteiger partial charge in [-0.1, -0.05) is 38.3 Å². The van der Waals surface area contributed by atoms with Gasteiger partial charge < -0.3 is 25.5 Å². The zero-order chi connectivity index (χ0) is 25.7. The number of nitrogens with one attached hydrogen (secondary N) is 2. The van der Waals surface area contributed by atoms with E-state index in [0.717, 1.165) is 36.6 Å². The van der Waals surface area contributed by atoms with Gasteiger partial charge in [0.1, 0.15) is 5.82 Å². The van der Waals surface area contributed by atoms with Crippen LogP contribution in [-0.4, -0.2) is 54.1 Å². The Balaban J connectivity index is 1.62. The summed E-state index contributed by atoms with van der Waals surface area (Å²) in [5.74, 6) is 1.41. The molecule has 4 rings (SSSR count). The number of anilines is 1. The van der Waals surface area contributed by atoms with E-state index in [2.05, 4.69) is 20.6 Å². The van der Waals surface area contributed by atoms with Crippen molar-refractivity contribution in [3.8, 4) is 0 Å². The van der Waals surface area contributed by atoms with Gasteiger partial charge in [0.25, 0.3) is 5.91 Å². The highest BCUT2D eigenvalue weighted by atomic mass is 16.5.